The van der Waals surface area contributed by atoms with Gasteiger partial charge in [-0.2, -0.15) is 0 Å². The number of ether oxygens (including phenoxy) is 2. The van der Waals surface area contributed by atoms with E-state index < -0.39 is 12.0 Å². The van der Waals surface area contributed by atoms with Gasteiger partial charge < -0.3 is 19.5 Å². The molecule has 1 rings (SSSR count). The minimum absolute atomic E-state index is 0.331. The lowest BCUT2D eigenvalue weighted by atomic mass is 10.0. The number of rotatable bonds is 5. The third-order valence-electron chi connectivity index (χ3n) is 2.84. The highest BCUT2D eigenvalue weighted by molar-refractivity contribution is 5.83. The fourth-order valence-corrected chi connectivity index (χ4v) is 1.74. The number of likely N-dealkylation sites (N-methyl/N-ethyl adjacent to an activating group) is 1. The summed E-state index contributed by atoms with van der Waals surface area (Å²) in [7, 11) is 4.40. The minimum atomic E-state index is -1.11. The Kier molecular flexibility index (Phi) is 4.74. The van der Waals surface area contributed by atoms with Gasteiger partial charge in [0.15, 0.2) is 17.5 Å². The first-order chi connectivity index (χ1) is 8.92. The molecule has 19 heavy (non-hydrogen) atoms. The fourth-order valence-electron chi connectivity index (χ4n) is 1.74. The zero-order chi connectivity index (χ0) is 14.6. The summed E-state index contributed by atoms with van der Waals surface area (Å²) in [4.78, 5) is 23.8. The molecule has 0 aliphatic carbocycles. The third-order valence-corrected chi connectivity index (χ3v) is 2.84. The van der Waals surface area contributed by atoms with Crippen molar-refractivity contribution in [2.45, 2.75) is 13.0 Å². The Bertz CT molecular complexity index is 486. The van der Waals surface area contributed by atoms with Crippen LogP contribution in [0.2, 0.25) is 0 Å². The standard InChI is InChI=1S/C13H17NO5/c1-8(15)14(2)12(13(16)17)9-5-6-10(18-3)11(7-9)19-4/h5-7,12H,1-4H3,(H,16,17). The lowest BCUT2D eigenvalue weighted by Gasteiger charge is -2.24. The van der Waals surface area contributed by atoms with Gasteiger partial charge in [-0.3, -0.25) is 4.79 Å². The van der Waals surface area contributed by atoms with E-state index in [9.17, 15) is 14.7 Å². The number of carbonyl (C=O) groups is 2. The Balaban J connectivity index is 3.24. The molecule has 104 valence electrons. The number of hydrogen-bond donors (Lipinski definition) is 1. The van der Waals surface area contributed by atoms with Gasteiger partial charge in [0, 0.05) is 14.0 Å². The monoisotopic (exact) mass is 267 g/mol. The van der Waals surface area contributed by atoms with Crippen molar-refractivity contribution in [2.75, 3.05) is 21.3 Å². The van der Waals surface area contributed by atoms with Crippen LogP contribution in [0.4, 0.5) is 0 Å². The van der Waals surface area contributed by atoms with Crippen molar-refractivity contribution in [3.8, 4) is 11.5 Å². The van der Waals surface area contributed by atoms with Crippen LogP contribution in [-0.4, -0.2) is 43.2 Å². The molecule has 0 saturated carbocycles. The number of carboxylic acids is 1. The van der Waals surface area contributed by atoms with Gasteiger partial charge in [-0.15, -0.1) is 0 Å². The van der Waals surface area contributed by atoms with Crippen LogP contribution in [0.1, 0.15) is 18.5 Å². The summed E-state index contributed by atoms with van der Waals surface area (Å²) < 4.78 is 10.2. The van der Waals surface area contributed by atoms with Crippen LogP contribution in [0.25, 0.3) is 0 Å². The summed E-state index contributed by atoms with van der Waals surface area (Å²) in [6, 6.07) is 3.70. The maximum atomic E-state index is 11.3. The van der Waals surface area contributed by atoms with Crippen LogP contribution in [0.5, 0.6) is 11.5 Å². The highest BCUT2D eigenvalue weighted by Crippen LogP contribution is 2.31. The van der Waals surface area contributed by atoms with Crippen LogP contribution in [0.3, 0.4) is 0 Å². The molecule has 0 radical (unpaired) electrons. The Morgan fingerprint density at radius 3 is 2.21 bits per heavy atom. The van der Waals surface area contributed by atoms with E-state index in [1.54, 1.807) is 18.2 Å². The SMILES string of the molecule is COc1ccc(C(C(=O)O)N(C)C(C)=O)cc1OC. The fraction of sp³-hybridized carbons (Fsp3) is 0.385. The summed E-state index contributed by atoms with van der Waals surface area (Å²) in [5, 5.41) is 9.27. The Morgan fingerprint density at radius 1 is 1.21 bits per heavy atom. The predicted octanol–water partition coefficient (Wildman–Crippen LogP) is 1.31. The Hall–Kier alpha value is -2.24. The molecule has 0 aromatic heterocycles. The van der Waals surface area contributed by atoms with Gasteiger partial charge in [-0.1, -0.05) is 6.07 Å². The van der Waals surface area contributed by atoms with E-state index in [1.807, 2.05) is 0 Å². The van der Waals surface area contributed by atoms with E-state index >= 15 is 0 Å². The number of benzene rings is 1. The molecule has 0 bridgehead atoms. The van der Waals surface area contributed by atoms with Crippen molar-refractivity contribution in [1.82, 2.24) is 4.90 Å². The van der Waals surface area contributed by atoms with Crippen molar-refractivity contribution in [3.05, 3.63) is 23.8 Å². The summed E-state index contributed by atoms with van der Waals surface area (Å²) in [5.74, 6) is -0.517. The molecule has 0 fully saturated rings. The molecule has 6 nitrogen and oxygen atoms in total. The first-order valence-electron chi connectivity index (χ1n) is 5.60. The number of methoxy groups -OCH3 is 2. The van der Waals surface area contributed by atoms with Crippen molar-refractivity contribution in [1.29, 1.82) is 0 Å². The zero-order valence-corrected chi connectivity index (χ0v) is 11.3. The summed E-state index contributed by atoms with van der Waals surface area (Å²) in [5.41, 5.74) is 0.447. The molecule has 1 N–H and O–H groups in total. The van der Waals surface area contributed by atoms with Gasteiger partial charge in [0.2, 0.25) is 5.91 Å². The topological polar surface area (TPSA) is 76.1 Å². The minimum Gasteiger partial charge on any atom is -0.493 e. The average Bonchev–Trinajstić information content (AvgIpc) is 2.38. The van der Waals surface area contributed by atoms with E-state index in [0.717, 1.165) is 4.90 Å². The van der Waals surface area contributed by atoms with E-state index in [-0.39, 0.29) is 5.91 Å². The molecule has 0 aliphatic heterocycles. The molecule has 0 saturated heterocycles. The van der Waals surface area contributed by atoms with Crippen molar-refractivity contribution >= 4 is 11.9 Å². The average molecular weight is 267 g/mol. The highest BCUT2D eigenvalue weighted by atomic mass is 16.5. The number of carbonyl (C=O) groups excluding carboxylic acids is 1. The first kappa shape index (κ1) is 14.8. The molecule has 6 heteroatoms. The molecular formula is C13H17NO5. The molecule has 1 amide bonds. The van der Waals surface area contributed by atoms with Gasteiger partial charge in [0.1, 0.15) is 0 Å². The lowest BCUT2D eigenvalue weighted by Crippen LogP contribution is -2.34. The van der Waals surface area contributed by atoms with Gasteiger partial charge >= 0.3 is 5.97 Å². The highest BCUT2D eigenvalue weighted by Gasteiger charge is 2.27. The van der Waals surface area contributed by atoms with E-state index in [1.165, 1.54) is 28.2 Å². The second-order valence-corrected chi connectivity index (χ2v) is 3.99. The van der Waals surface area contributed by atoms with Crippen LogP contribution < -0.4 is 9.47 Å². The Labute approximate surface area is 111 Å². The number of nitrogens with zero attached hydrogens (tertiary/aromatic N) is 1. The number of hydrogen-bond acceptors (Lipinski definition) is 4. The lowest BCUT2D eigenvalue weighted by molar-refractivity contribution is -0.148. The summed E-state index contributed by atoms with van der Waals surface area (Å²) in [6.45, 7) is 1.32. The molecule has 0 heterocycles. The van der Waals surface area contributed by atoms with E-state index in [4.69, 9.17) is 9.47 Å². The second kappa shape index (κ2) is 6.08. The van der Waals surface area contributed by atoms with Gasteiger partial charge in [0.05, 0.1) is 14.2 Å². The second-order valence-electron chi connectivity index (χ2n) is 3.99. The smallest absolute Gasteiger partial charge is 0.331 e. The molecule has 1 aromatic rings. The summed E-state index contributed by atoms with van der Waals surface area (Å²) in [6.07, 6.45) is 0. The van der Waals surface area contributed by atoms with Crippen LogP contribution >= 0.6 is 0 Å². The number of amides is 1. The molecule has 0 aliphatic rings. The van der Waals surface area contributed by atoms with E-state index in [2.05, 4.69) is 0 Å². The van der Waals surface area contributed by atoms with E-state index in [0.29, 0.717) is 17.1 Å². The maximum absolute atomic E-state index is 11.3. The van der Waals surface area contributed by atoms with Gasteiger partial charge in [0.25, 0.3) is 0 Å². The van der Waals surface area contributed by atoms with Crippen LogP contribution in [0, 0.1) is 0 Å². The molecule has 0 spiro atoms. The van der Waals surface area contributed by atoms with Crippen molar-refractivity contribution in [3.63, 3.8) is 0 Å². The molecular weight excluding hydrogens is 250 g/mol. The third kappa shape index (κ3) is 3.15. The van der Waals surface area contributed by atoms with Crippen LogP contribution in [-0.2, 0) is 9.59 Å². The molecule has 1 aromatic carbocycles. The largest absolute Gasteiger partial charge is 0.493 e. The number of aliphatic carboxylic acids is 1. The summed E-state index contributed by atoms with van der Waals surface area (Å²) >= 11 is 0. The molecule has 1 unspecified atom stereocenters. The van der Waals surface area contributed by atoms with Gasteiger partial charge in [-0.05, 0) is 17.7 Å². The predicted molar refractivity (Wildman–Crippen MR) is 68.4 cm³/mol. The Morgan fingerprint density at radius 2 is 1.79 bits per heavy atom. The molecule has 1 atom stereocenters. The zero-order valence-electron chi connectivity index (χ0n) is 11.3. The first-order valence-corrected chi connectivity index (χ1v) is 5.60. The normalized spacial score (nSPS) is 11.6. The van der Waals surface area contributed by atoms with Gasteiger partial charge in [-0.25, -0.2) is 4.79 Å². The van der Waals surface area contributed by atoms with Crippen molar-refractivity contribution in [2.24, 2.45) is 0 Å². The maximum Gasteiger partial charge on any atom is 0.331 e. The van der Waals surface area contributed by atoms with Crippen LogP contribution in [0.15, 0.2) is 18.2 Å². The number of carboxylic acid groups (broad SMARTS) is 1. The quantitative estimate of drug-likeness (QED) is 0.870. The van der Waals surface area contributed by atoms with Crippen molar-refractivity contribution < 1.29 is 24.2 Å².